The van der Waals surface area contributed by atoms with Crippen LogP contribution in [0.3, 0.4) is 0 Å². The van der Waals surface area contributed by atoms with E-state index in [4.69, 9.17) is 21.5 Å². The average Bonchev–Trinajstić information content (AvgIpc) is 2.73. The van der Waals surface area contributed by atoms with Gasteiger partial charge in [-0.25, -0.2) is 4.79 Å². The van der Waals surface area contributed by atoms with Crippen molar-refractivity contribution in [3.8, 4) is 0 Å². The monoisotopic (exact) mass is 420 g/mol. The van der Waals surface area contributed by atoms with Gasteiger partial charge in [0.2, 0.25) is 0 Å². The maximum absolute atomic E-state index is 13.1. The summed E-state index contributed by atoms with van der Waals surface area (Å²) in [5, 5.41) is 5.54. The first-order valence-electron chi connectivity index (χ1n) is 8.90. The first-order valence-corrected chi connectivity index (χ1v) is 11.0. The fourth-order valence-corrected chi connectivity index (χ4v) is 4.75. The van der Waals surface area contributed by atoms with Crippen LogP contribution in [0.1, 0.15) is 18.1 Å². The smallest absolute Gasteiger partial charge is 0.408 e. The minimum atomic E-state index is -3.44. The number of hydrogen-bond donors (Lipinski definition) is 2. The van der Waals surface area contributed by atoms with E-state index < -0.39 is 19.2 Å². The van der Waals surface area contributed by atoms with Crippen molar-refractivity contribution in [1.82, 2.24) is 10.6 Å². The van der Waals surface area contributed by atoms with Gasteiger partial charge in [0.15, 0.2) is 4.73 Å². The third kappa shape index (κ3) is 6.44. The molecule has 0 fully saturated rings. The Morgan fingerprint density at radius 2 is 1.64 bits per heavy atom. The standard InChI is InChI=1S/C20H25N2O4PS/c1-16(22-19(23)26-15-18-11-7-4-8-12-18)27(24,25-2)20(28)21-14-13-17-9-5-3-6-10-17/h3-12,16H,13-15H2,1-2H3,(H,21,28)(H,22,23). The van der Waals surface area contributed by atoms with Crippen LogP contribution in [-0.2, 0) is 26.9 Å². The number of benzene rings is 2. The molecule has 8 heteroatoms. The molecule has 0 aliphatic carbocycles. The van der Waals surface area contributed by atoms with Crippen molar-refractivity contribution >= 4 is 30.4 Å². The Kier molecular flexibility index (Phi) is 8.64. The highest BCUT2D eigenvalue weighted by atomic mass is 32.1. The van der Waals surface area contributed by atoms with Gasteiger partial charge in [-0.05, 0) is 24.5 Å². The number of ether oxygens (including phenoxy) is 1. The van der Waals surface area contributed by atoms with Gasteiger partial charge in [0, 0.05) is 13.7 Å². The normalized spacial score (nSPS) is 13.8. The van der Waals surface area contributed by atoms with Gasteiger partial charge in [0.25, 0.3) is 7.37 Å². The summed E-state index contributed by atoms with van der Waals surface area (Å²) in [5.41, 5.74) is 2.00. The van der Waals surface area contributed by atoms with Crippen LogP contribution in [-0.4, -0.2) is 30.3 Å². The minimum Gasteiger partial charge on any atom is -0.445 e. The van der Waals surface area contributed by atoms with Crippen molar-refractivity contribution in [2.75, 3.05) is 13.7 Å². The molecule has 2 N–H and O–H groups in total. The summed E-state index contributed by atoms with van der Waals surface area (Å²) in [7, 11) is -2.13. The number of carbonyl (C=O) groups excluding carboxylic acids is 1. The van der Waals surface area contributed by atoms with E-state index in [1.165, 1.54) is 7.11 Å². The zero-order valence-electron chi connectivity index (χ0n) is 16.0. The van der Waals surface area contributed by atoms with E-state index in [0.717, 1.165) is 17.5 Å². The topological polar surface area (TPSA) is 76.7 Å². The maximum atomic E-state index is 13.1. The summed E-state index contributed by atoms with van der Waals surface area (Å²) in [6.45, 7) is 2.22. The van der Waals surface area contributed by atoms with Crippen LogP contribution in [0.4, 0.5) is 4.79 Å². The van der Waals surface area contributed by atoms with E-state index >= 15 is 0 Å². The van der Waals surface area contributed by atoms with E-state index in [9.17, 15) is 9.36 Å². The van der Waals surface area contributed by atoms with Crippen molar-refractivity contribution in [3.05, 3.63) is 71.8 Å². The predicted octanol–water partition coefficient (Wildman–Crippen LogP) is 4.30. The highest BCUT2D eigenvalue weighted by Crippen LogP contribution is 2.50. The van der Waals surface area contributed by atoms with Gasteiger partial charge in [-0.2, -0.15) is 0 Å². The highest BCUT2D eigenvalue weighted by molar-refractivity contribution is 7.99. The fourth-order valence-electron chi connectivity index (χ4n) is 2.51. The molecule has 1 amide bonds. The molecule has 2 atom stereocenters. The first kappa shape index (κ1) is 22.1. The average molecular weight is 420 g/mol. The highest BCUT2D eigenvalue weighted by Gasteiger charge is 2.36. The Balaban J connectivity index is 1.84. The lowest BCUT2D eigenvalue weighted by Crippen LogP contribution is -2.37. The molecule has 2 aromatic rings. The summed E-state index contributed by atoms with van der Waals surface area (Å²) in [4.78, 5) is 12.0. The lowest BCUT2D eigenvalue weighted by Gasteiger charge is -2.25. The molecule has 0 spiro atoms. The van der Waals surface area contributed by atoms with Gasteiger partial charge in [-0.3, -0.25) is 4.57 Å². The summed E-state index contributed by atoms with van der Waals surface area (Å²) in [5.74, 6) is -0.822. The fraction of sp³-hybridized carbons (Fsp3) is 0.300. The molecule has 0 saturated heterocycles. The van der Waals surface area contributed by atoms with Gasteiger partial charge in [-0.1, -0.05) is 72.9 Å². The summed E-state index contributed by atoms with van der Waals surface area (Å²) in [6.07, 6.45) is 0.0479. The Morgan fingerprint density at radius 3 is 2.21 bits per heavy atom. The zero-order chi connectivity index (χ0) is 20.4. The van der Waals surface area contributed by atoms with E-state index in [1.54, 1.807) is 6.92 Å². The largest absolute Gasteiger partial charge is 0.445 e. The van der Waals surface area contributed by atoms with Gasteiger partial charge in [-0.15, -0.1) is 0 Å². The Morgan fingerprint density at radius 1 is 1.07 bits per heavy atom. The predicted molar refractivity (Wildman–Crippen MR) is 115 cm³/mol. The van der Waals surface area contributed by atoms with Crippen LogP contribution in [0.25, 0.3) is 0 Å². The van der Waals surface area contributed by atoms with Gasteiger partial charge < -0.3 is 19.9 Å². The number of carbonyl (C=O) groups is 1. The number of thiocarbonyl (C=S) groups is 1. The van der Waals surface area contributed by atoms with Gasteiger partial charge in [0.1, 0.15) is 12.4 Å². The molecule has 0 saturated carbocycles. The second-order valence-corrected chi connectivity index (χ2v) is 9.62. The molecule has 0 aliphatic rings. The van der Waals surface area contributed by atoms with E-state index in [0.29, 0.717) is 6.54 Å². The number of amides is 1. The van der Waals surface area contributed by atoms with Crippen LogP contribution in [0, 0.1) is 0 Å². The molecular weight excluding hydrogens is 395 g/mol. The second-order valence-electron chi connectivity index (χ2n) is 6.13. The van der Waals surface area contributed by atoms with Gasteiger partial charge >= 0.3 is 6.09 Å². The van der Waals surface area contributed by atoms with E-state index in [2.05, 4.69) is 10.6 Å². The second kappa shape index (κ2) is 11.0. The number of hydrogen-bond acceptors (Lipinski definition) is 5. The van der Waals surface area contributed by atoms with Crippen molar-refractivity contribution in [2.45, 2.75) is 25.7 Å². The van der Waals surface area contributed by atoms with Crippen LogP contribution >= 0.6 is 19.6 Å². The van der Waals surface area contributed by atoms with Crippen molar-refractivity contribution in [1.29, 1.82) is 0 Å². The first-order chi connectivity index (χ1) is 13.5. The van der Waals surface area contributed by atoms with Crippen molar-refractivity contribution in [2.24, 2.45) is 0 Å². The summed E-state index contributed by atoms with van der Waals surface area (Å²) >= 11 is 5.28. The van der Waals surface area contributed by atoms with Crippen LogP contribution in [0.5, 0.6) is 0 Å². The Hall–Kier alpha value is -2.21. The quantitative estimate of drug-likeness (QED) is 0.465. The van der Waals surface area contributed by atoms with Crippen molar-refractivity contribution < 1.29 is 18.6 Å². The molecule has 28 heavy (non-hydrogen) atoms. The SMILES string of the molecule is COP(=O)(C(=S)NCCc1ccccc1)C(C)NC(=O)OCc1ccccc1. The lowest BCUT2D eigenvalue weighted by molar-refractivity contribution is 0.138. The van der Waals surface area contributed by atoms with E-state index in [-0.39, 0.29) is 11.3 Å². The molecule has 0 aliphatic heterocycles. The van der Waals surface area contributed by atoms with Gasteiger partial charge in [0.05, 0.1) is 0 Å². The Bertz CT molecular complexity index is 817. The lowest BCUT2D eigenvalue weighted by atomic mass is 10.2. The molecule has 2 rings (SSSR count). The summed E-state index contributed by atoms with van der Waals surface area (Å²) in [6, 6.07) is 19.2. The molecule has 0 radical (unpaired) electrons. The zero-order valence-corrected chi connectivity index (χ0v) is 17.7. The third-order valence-corrected chi connectivity index (χ3v) is 7.46. The summed E-state index contributed by atoms with van der Waals surface area (Å²) < 4.78 is 23.6. The van der Waals surface area contributed by atoms with Crippen LogP contribution in [0.2, 0.25) is 0 Å². The maximum Gasteiger partial charge on any atom is 0.408 e. The Labute approximate surface area is 171 Å². The molecule has 0 bridgehead atoms. The molecule has 0 aromatic heterocycles. The van der Waals surface area contributed by atoms with Crippen LogP contribution < -0.4 is 10.6 Å². The molecule has 0 heterocycles. The molecule has 150 valence electrons. The molecule has 2 aromatic carbocycles. The third-order valence-electron chi connectivity index (χ3n) is 4.14. The number of alkyl carbamates (subject to hydrolysis) is 1. The molecular formula is C20H25N2O4PS. The van der Waals surface area contributed by atoms with E-state index in [1.807, 2.05) is 60.7 Å². The van der Waals surface area contributed by atoms with Crippen molar-refractivity contribution in [3.63, 3.8) is 0 Å². The number of rotatable bonds is 9. The molecule has 2 unspecified atom stereocenters. The minimum absolute atomic E-state index is 0.0989. The molecule has 6 nitrogen and oxygen atoms in total. The number of nitrogens with one attached hydrogen (secondary N) is 2. The van der Waals surface area contributed by atoms with Crippen LogP contribution in [0.15, 0.2) is 60.7 Å².